The highest BCUT2D eigenvalue weighted by Crippen LogP contribution is 2.23. The highest BCUT2D eigenvalue weighted by atomic mass is 16.3. The SMILES string of the molecule is Nc1cccc(Nc2nc(NCCO)nc(Nc3ccc(CNc4nc(Nc5cccc(N)c5)nc(Nc5cccc(N)c5)n4)cc3)n2)c1. The third kappa shape index (κ3) is 9.30. The molecule has 16 nitrogen and oxygen atoms in total. The predicted octanol–water partition coefficient (Wildman–Crippen LogP) is 4.79. The van der Waals surface area contributed by atoms with Gasteiger partial charge in [-0.2, -0.15) is 29.9 Å². The zero-order valence-electron chi connectivity index (χ0n) is 26.2. The fourth-order valence-corrected chi connectivity index (χ4v) is 4.55. The molecule has 0 atom stereocenters. The van der Waals surface area contributed by atoms with Gasteiger partial charge in [-0.3, -0.25) is 0 Å². The molecule has 0 aliphatic rings. The Labute approximate surface area is 281 Å². The third-order valence-electron chi connectivity index (χ3n) is 6.75. The second kappa shape index (κ2) is 15.1. The van der Waals surface area contributed by atoms with Crippen LogP contribution < -0.4 is 49.1 Å². The van der Waals surface area contributed by atoms with E-state index in [-0.39, 0.29) is 13.2 Å². The second-order valence-corrected chi connectivity index (χ2v) is 10.7. The van der Waals surface area contributed by atoms with Crippen LogP contribution in [0.15, 0.2) is 97.1 Å². The lowest BCUT2D eigenvalue weighted by atomic mass is 10.2. The summed E-state index contributed by atoms with van der Waals surface area (Å²) in [5.41, 5.74) is 23.6. The maximum Gasteiger partial charge on any atom is 0.233 e. The molecule has 248 valence electrons. The molecule has 2 heterocycles. The van der Waals surface area contributed by atoms with Crippen LogP contribution in [0.2, 0.25) is 0 Å². The molecular weight excluding hydrogens is 622 g/mol. The molecule has 2 aromatic heterocycles. The Morgan fingerprint density at radius 3 is 1.24 bits per heavy atom. The van der Waals surface area contributed by atoms with Crippen LogP contribution in [0.25, 0.3) is 0 Å². The van der Waals surface area contributed by atoms with Gasteiger partial charge in [-0.1, -0.05) is 30.3 Å². The van der Waals surface area contributed by atoms with E-state index in [9.17, 15) is 5.11 Å². The van der Waals surface area contributed by atoms with E-state index in [0.717, 1.165) is 28.3 Å². The Morgan fingerprint density at radius 2 is 0.837 bits per heavy atom. The number of aliphatic hydroxyl groups excluding tert-OH is 1. The summed E-state index contributed by atoms with van der Waals surface area (Å²) in [6.07, 6.45) is 0. The van der Waals surface area contributed by atoms with Gasteiger partial charge in [0, 0.05) is 52.9 Å². The lowest BCUT2D eigenvalue weighted by Crippen LogP contribution is -2.12. The Bertz CT molecular complexity index is 1960. The Balaban J connectivity index is 1.16. The normalized spacial score (nSPS) is 10.6. The Kier molecular flexibility index (Phi) is 9.87. The van der Waals surface area contributed by atoms with Crippen LogP contribution in [0, 0.1) is 0 Å². The summed E-state index contributed by atoms with van der Waals surface area (Å²) >= 11 is 0. The largest absolute Gasteiger partial charge is 0.399 e. The van der Waals surface area contributed by atoms with E-state index >= 15 is 0 Å². The predicted molar refractivity (Wildman–Crippen MR) is 195 cm³/mol. The first-order chi connectivity index (χ1) is 23.9. The standard InChI is InChI=1S/C33H35N15O/c34-21-4-1-7-25(16-21)40-31-44-28(37-14-15-49)43-30(47-31)39-24-12-10-20(11-13-24)19-38-29-45-32(41-26-8-2-5-22(35)17-26)48-33(46-29)42-27-9-3-6-23(36)18-27/h1-13,16-18,49H,14-15,19,34-36H2,(H3,37,39,40,43,44,47)(H3,38,41,42,45,46,48). The summed E-state index contributed by atoms with van der Waals surface area (Å²) < 4.78 is 0. The van der Waals surface area contributed by atoms with Crippen molar-refractivity contribution in [3.05, 3.63) is 103 Å². The van der Waals surface area contributed by atoms with Gasteiger partial charge in [-0.05, 0) is 72.3 Å². The molecule has 0 bridgehead atoms. The van der Waals surface area contributed by atoms with Gasteiger partial charge in [0.05, 0.1) is 6.61 Å². The number of nitrogens with two attached hydrogens (primary N) is 3. The van der Waals surface area contributed by atoms with E-state index in [1.54, 1.807) is 36.4 Å². The number of aliphatic hydroxyl groups is 1. The van der Waals surface area contributed by atoms with Gasteiger partial charge >= 0.3 is 0 Å². The monoisotopic (exact) mass is 657 g/mol. The first kappa shape index (κ1) is 32.0. The van der Waals surface area contributed by atoms with E-state index in [4.69, 9.17) is 17.2 Å². The van der Waals surface area contributed by atoms with Crippen LogP contribution in [0.5, 0.6) is 0 Å². The van der Waals surface area contributed by atoms with Crippen molar-refractivity contribution in [3.8, 4) is 0 Å². The van der Waals surface area contributed by atoms with Crippen molar-refractivity contribution >= 4 is 75.5 Å². The van der Waals surface area contributed by atoms with Crippen LogP contribution in [-0.4, -0.2) is 48.2 Å². The molecule has 4 aromatic carbocycles. The molecule has 0 unspecified atom stereocenters. The number of benzene rings is 4. The summed E-state index contributed by atoms with van der Waals surface area (Å²) in [4.78, 5) is 27.0. The summed E-state index contributed by atoms with van der Waals surface area (Å²) in [7, 11) is 0. The molecule has 13 N–H and O–H groups in total. The number of nitrogen functional groups attached to an aromatic ring is 3. The van der Waals surface area contributed by atoms with Gasteiger partial charge in [-0.15, -0.1) is 0 Å². The summed E-state index contributed by atoms with van der Waals surface area (Å²) in [6.45, 7) is 0.627. The fraction of sp³-hybridized carbons (Fsp3) is 0.0909. The van der Waals surface area contributed by atoms with Gasteiger partial charge < -0.3 is 54.2 Å². The molecule has 0 aliphatic heterocycles. The van der Waals surface area contributed by atoms with Crippen molar-refractivity contribution in [2.45, 2.75) is 6.54 Å². The number of rotatable bonds is 14. The van der Waals surface area contributed by atoms with Gasteiger partial charge in [0.25, 0.3) is 0 Å². The van der Waals surface area contributed by atoms with E-state index in [0.29, 0.717) is 59.3 Å². The average Bonchev–Trinajstić information content (AvgIpc) is 3.07. The molecule has 6 aromatic rings. The second-order valence-electron chi connectivity index (χ2n) is 10.7. The zero-order valence-corrected chi connectivity index (χ0v) is 26.2. The molecule has 0 spiro atoms. The smallest absolute Gasteiger partial charge is 0.233 e. The van der Waals surface area contributed by atoms with Crippen molar-refractivity contribution in [2.75, 3.05) is 62.3 Å². The van der Waals surface area contributed by atoms with Crippen molar-refractivity contribution in [1.29, 1.82) is 0 Å². The van der Waals surface area contributed by atoms with Gasteiger partial charge in [0.1, 0.15) is 0 Å². The lowest BCUT2D eigenvalue weighted by molar-refractivity contribution is 0.311. The number of aromatic nitrogens is 6. The molecule has 16 heteroatoms. The first-order valence-corrected chi connectivity index (χ1v) is 15.2. The number of hydrogen-bond donors (Lipinski definition) is 10. The van der Waals surface area contributed by atoms with Crippen LogP contribution >= 0.6 is 0 Å². The first-order valence-electron chi connectivity index (χ1n) is 15.2. The van der Waals surface area contributed by atoms with E-state index in [2.05, 4.69) is 61.8 Å². The zero-order chi connectivity index (χ0) is 34.0. The number of nitrogens with zero attached hydrogens (tertiary/aromatic N) is 6. The van der Waals surface area contributed by atoms with E-state index in [1.807, 2.05) is 60.7 Å². The molecule has 0 fully saturated rings. The highest BCUT2D eigenvalue weighted by Gasteiger charge is 2.11. The third-order valence-corrected chi connectivity index (χ3v) is 6.75. The lowest BCUT2D eigenvalue weighted by Gasteiger charge is -2.13. The van der Waals surface area contributed by atoms with E-state index in [1.165, 1.54) is 0 Å². The molecular formula is C33H35N15O. The summed E-state index contributed by atoms with van der Waals surface area (Å²) in [5.74, 6) is 1.90. The molecule has 0 radical (unpaired) electrons. The minimum absolute atomic E-state index is 0.0770. The quantitative estimate of drug-likeness (QED) is 0.0707. The number of nitrogens with one attached hydrogen (secondary N) is 6. The maximum absolute atomic E-state index is 9.27. The minimum atomic E-state index is -0.0770. The minimum Gasteiger partial charge on any atom is -0.399 e. The van der Waals surface area contributed by atoms with Gasteiger partial charge in [-0.25, -0.2) is 0 Å². The van der Waals surface area contributed by atoms with Gasteiger partial charge in [0.15, 0.2) is 0 Å². The topological polar surface area (TPSA) is 248 Å². The van der Waals surface area contributed by atoms with Crippen molar-refractivity contribution in [2.24, 2.45) is 0 Å². The summed E-state index contributed by atoms with van der Waals surface area (Å²) in [6, 6.07) is 29.5. The van der Waals surface area contributed by atoms with E-state index < -0.39 is 0 Å². The molecule has 0 amide bonds. The van der Waals surface area contributed by atoms with Crippen LogP contribution in [-0.2, 0) is 6.54 Å². The van der Waals surface area contributed by atoms with Crippen molar-refractivity contribution in [1.82, 2.24) is 29.9 Å². The van der Waals surface area contributed by atoms with Crippen molar-refractivity contribution < 1.29 is 5.11 Å². The van der Waals surface area contributed by atoms with Crippen LogP contribution in [0.1, 0.15) is 5.56 Å². The van der Waals surface area contributed by atoms with Crippen LogP contribution in [0.4, 0.5) is 75.5 Å². The molecule has 6 rings (SSSR count). The highest BCUT2D eigenvalue weighted by molar-refractivity contribution is 5.65. The molecule has 49 heavy (non-hydrogen) atoms. The van der Waals surface area contributed by atoms with Crippen LogP contribution in [0.3, 0.4) is 0 Å². The molecule has 0 aliphatic carbocycles. The number of hydrogen-bond acceptors (Lipinski definition) is 16. The van der Waals surface area contributed by atoms with Gasteiger partial charge in [0.2, 0.25) is 35.7 Å². The summed E-state index contributed by atoms with van der Waals surface area (Å²) in [5, 5.41) is 28.2. The number of anilines is 13. The molecule has 0 saturated heterocycles. The average molecular weight is 658 g/mol. The fourth-order valence-electron chi connectivity index (χ4n) is 4.55. The Hall–Kier alpha value is -6.94. The van der Waals surface area contributed by atoms with Crippen molar-refractivity contribution in [3.63, 3.8) is 0 Å². The Morgan fingerprint density at radius 1 is 0.449 bits per heavy atom. The molecule has 0 saturated carbocycles. The maximum atomic E-state index is 9.27.